The Bertz CT molecular complexity index is 1980. The van der Waals surface area contributed by atoms with Gasteiger partial charge >= 0.3 is 39.5 Å². The predicted molar refractivity (Wildman–Crippen MR) is 400 cm³/mol. The molecule has 2 unspecified atom stereocenters. The molecular weight excluding hydrogens is 1280 g/mol. The minimum Gasteiger partial charge on any atom is -0.462 e. The summed E-state index contributed by atoms with van der Waals surface area (Å²) in [5, 5.41) is 10.6. The fraction of sp³-hybridized carbons (Fsp3) is 0.899. The second-order valence-electron chi connectivity index (χ2n) is 28.7. The van der Waals surface area contributed by atoms with E-state index in [1.807, 2.05) is 0 Å². The van der Waals surface area contributed by atoms with Gasteiger partial charge in [0.05, 0.1) is 26.4 Å². The number of allylic oxidation sites excluding steroid dienone is 4. The molecule has 0 aromatic heterocycles. The highest BCUT2D eigenvalue weighted by atomic mass is 31.2. The molecule has 17 nitrogen and oxygen atoms in total. The molecule has 0 saturated carbocycles. The van der Waals surface area contributed by atoms with Crippen molar-refractivity contribution in [3.63, 3.8) is 0 Å². The van der Waals surface area contributed by atoms with Gasteiger partial charge in [-0.1, -0.05) is 336 Å². The number of hydrogen-bond donors (Lipinski definition) is 3. The molecule has 0 spiro atoms. The van der Waals surface area contributed by atoms with E-state index < -0.39 is 97.5 Å². The number of unbranched alkanes of at least 4 members (excludes halogenated alkanes) is 43. The van der Waals surface area contributed by atoms with E-state index in [9.17, 15) is 43.2 Å². The first-order chi connectivity index (χ1) is 47.4. The molecule has 0 amide bonds. The van der Waals surface area contributed by atoms with E-state index in [0.29, 0.717) is 25.7 Å². The number of carbonyl (C=O) groups excluding carboxylic acids is 4. The van der Waals surface area contributed by atoms with Gasteiger partial charge in [0.25, 0.3) is 0 Å². The summed E-state index contributed by atoms with van der Waals surface area (Å²) in [5.41, 5.74) is 0. The van der Waals surface area contributed by atoms with Crippen molar-refractivity contribution in [2.24, 2.45) is 11.8 Å². The first-order valence-electron chi connectivity index (χ1n) is 40.3. The third-order valence-corrected chi connectivity index (χ3v) is 19.7. The standard InChI is InChI=1S/C79H150O17P2/c1-7-9-11-13-15-17-19-21-23-24-25-27-29-31-38-45-51-57-63-78(83)95-74(67-89-76(81)61-55-49-43-37-30-28-26-22-20-18-16-14-12-10-8-2)69-93-97(85,86)91-65-73(80)66-92-98(87,88)94-70-75(68-90-77(82)62-56-50-44-40-34-36-42-48-54-60-72(5)6)96-79(84)64-58-52-46-39-33-32-35-41-47-53-59-71(3)4/h18,20,22,26,71-75,80H,7-17,19,21,23-25,27-70H2,1-6H3,(H,85,86)(H,87,88)/b20-18-,26-22-/t73-,74-,75-/m1/s1. The molecule has 0 rings (SSSR count). The van der Waals surface area contributed by atoms with Crippen molar-refractivity contribution in [2.75, 3.05) is 39.6 Å². The Morgan fingerprint density at radius 1 is 0.316 bits per heavy atom. The minimum absolute atomic E-state index is 0.102. The van der Waals surface area contributed by atoms with Gasteiger partial charge in [0.2, 0.25) is 0 Å². The van der Waals surface area contributed by atoms with E-state index in [1.165, 1.54) is 186 Å². The van der Waals surface area contributed by atoms with Crippen molar-refractivity contribution in [1.82, 2.24) is 0 Å². The molecule has 0 radical (unpaired) electrons. The number of rotatable bonds is 76. The highest BCUT2D eigenvalue weighted by molar-refractivity contribution is 7.47. The van der Waals surface area contributed by atoms with Crippen molar-refractivity contribution in [3.05, 3.63) is 24.3 Å². The Morgan fingerprint density at radius 2 is 0.551 bits per heavy atom. The summed E-state index contributed by atoms with van der Waals surface area (Å²) >= 11 is 0. The number of hydrogen-bond acceptors (Lipinski definition) is 15. The van der Waals surface area contributed by atoms with Gasteiger partial charge in [-0.15, -0.1) is 0 Å². The van der Waals surface area contributed by atoms with E-state index in [1.54, 1.807) is 0 Å². The van der Waals surface area contributed by atoms with E-state index in [-0.39, 0.29) is 25.7 Å². The molecule has 0 aliphatic carbocycles. The second kappa shape index (κ2) is 70.2. The van der Waals surface area contributed by atoms with Crippen molar-refractivity contribution in [3.8, 4) is 0 Å². The quantitative estimate of drug-likeness (QED) is 0.0169. The lowest BCUT2D eigenvalue weighted by Gasteiger charge is -2.21. The summed E-state index contributed by atoms with van der Waals surface area (Å²) < 4.78 is 68.6. The molecule has 5 atom stereocenters. The molecule has 0 aromatic rings. The topological polar surface area (TPSA) is 237 Å². The van der Waals surface area contributed by atoms with E-state index in [0.717, 1.165) is 121 Å². The summed E-state index contributed by atoms with van der Waals surface area (Å²) in [6.07, 6.45) is 61.8. The average Bonchev–Trinajstić information content (AvgIpc) is 1.70. The molecule has 19 heteroatoms. The lowest BCUT2D eigenvalue weighted by molar-refractivity contribution is -0.161. The summed E-state index contributed by atoms with van der Waals surface area (Å²) in [6, 6.07) is 0. The molecular formula is C79H150O17P2. The second-order valence-corrected chi connectivity index (χ2v) is 31.6. The van der Waals surface area contributed by atoms with Crippen LogP contribution in [0.25, 0.3) is 0 Å². The van der Waals surface area contributed by atoms with Crippen LogP contribution in [0, 0.1) is 11.8 Å². The smallest absolute Gasteiger partial charge is 0.462 e. The molecule has 98 heavy (non-hydrogen) atoms. The predicted octanol–water partition coefficient (Wildman–Crippen LogP) is 23.1. The van der Waals surface area contributed by atoms with Crippen LogP contribution >= 0.6 is 15.6 Å². The molecule has 578 valence electrons. The summed E-state index contributed by atoms with van der Waals surface area (Å²) in [7, 11) is -9.93. The highest BCUT2D eigenvalue weighted by Gasteiger charge is 2.30. The first kappa shape index (κ1) is 95.5. The van der Waals surface area contributed by atoms with Gasteiger partial charge < -0.3 is 33.8 Å². The zero-order valence-electron chi connectivity index (χ0n) is 63.6. The van der Waals surface area contributed by atoms with Gasteiger partial charge in [-0.25, -0.2) is 9.13 Å². The molecule has 0 saturated heterocycles. The number of esters is 4. The fourth-order valence-electron chi connectivity index (χ4n) is 11.6. The van der Waals surface area contributed by atoms with Crippen LogP contribution in [0.1, 0.15) is 388 Å². The van der Waals surface area contributed by atoms with Crippen molar-refractivity contribution >= 4 is 39.5 Å². The Kier molecular flexibility index (Phi) is 68.5. The molecule has 0 bridgehead atoms. The minimum atomic E-state index is -4.97. The molecule has 0 aliphatic rings. The number of aliphatic hydroxyl groups is 1. The SMILES string of the molecule is CCCCCC/C=C\C=C/CCCCCCCC(=O)OC[C@H](COP(=O)(O)OC[C@@H](O)COP(=O)(O)OC[C@@H](COC(=O)CCCCCCCCCCCC(C)C)OC(=O)CCCCCCCCCCCCC(C)C)OC(=O)CCCCCCCCCCCCCCCCCCCC. The van der Waals surface area contributed by atoms with Crippen LogP contribution in [-0.2, 0) is 65.4 Å². The lowest BCUT2D eigenvalue weighted by Crippen LogP contribution is -2.30. The van der Waals surface area contributed by atoms with Gasteiger partial charge in [0.1, 0.15) is 19.3 Å². The van der Waals surface area contributed by atoms with Crippen LogP contribution in [0.15, 0.2) is 24.3 Å². The molecule has 0 fully saturated rings. The third-order valence-electron chi connectivity index (χ3n) is 17.8. The van der Waals surface area contributed by atoms with Gasteiger partial charge in [0.15, 0.2) is 12.2 Å². The lowest BCUT2D eigenvalue weighted by atomic mass is 10.0. The van der Waals surface area contributed by atoms with E-state index >= 15 is 0 Å². The van der Waals surface area contributed by atoms with Gasteiger partial charge in [0, 0.05) is 25.7 Å². The maximum atomic E-state index is 13.1. The number of ether oxygens (including phenoxy) is 4. The van der Waals surface area contributed by atoms with Crippen molar-refractivity contribution < 1.29 is 80.2 Å². The maximum absolute atomic E-state index is 13.1. The highest BCUT2D eigenvalue weighted by Crippen LogP contribution is 2.45. The zero-order valence-corrected chi connectivity index (χ0v) is 65.4. The molecule has 0 aliphatic heterocycles. The van der Waals surface area contributed by atoms with Crippen molar-refractivity contribution in [1.29, 1.82) is 0 Å². The molecule has 0 heterocycles. The van der Waals surface area contributed by atoms with Crippen LogP contribution in [0.3, 0.4) is 0 Å². The molecule has 0 aromatic carbocycles. The van der Waals surface area contributed by atoms with E-state index in [4.69, 9.17) is 37.0 Å². The Hall–Kier alpha value is -2.46. The normalized spacial score (nSPS) is 14.1. The zero-order chi connectivity index (χ0) is 72.1. The van der Waals surface area contributed by atoms with Gasteiger partial charge in [-0.3, -0.25) is 37.3 Å². The largest absolute Gasteiger partial charge is 0.472 e. The van der Waals surface area contributed by atoms with Crippen molar-refractivity contribution in [2.45, 2.75) is 407 Å². The van der Waals surface area contributed by atoms with Crippen LogP contribution < -0.4 is 0 Å². The van der Waals surface area contributed by atoms with Crippen LogP contribution in [0.2, 0.25) is 0 Å². The van der Waals surface area contributed by atoms with E-state index in [2.05, 4.69) is 65.8 Å². The Balaban J connectivity index is 5.29. The first-order valence-corrected chi connectivity index (χ1v) is 43.3. The van der Waals surface area contributed by atoms with Crippen LogP contribution in [0.4, 0.5) is 0 Å². The van der Waals surface area contributed by atoms with Gasteiger partial charge in [-0.2, -0.15) is 0 Å². The number of carbonyl (C=O) groups is 4. The number of aliphatic hydroxyl groups excluding tert-OH is 1. The molecule has 3 N–H and O–H groups in total. The maximum Gasteiger partial charge on any atom is 0.472 e. The number of phosphoric ester groups is 2. The summed E-state index contributed by atoms with van der Waals surface area (Å²) in [6.45, 7) is 9.52. The Labute approximate surface area is 599 Å². The summed E-state index contributed by atoms with van der Waals surface area (Å²) in [5.74, 6) is -0.649. The third kappa shape index (κ3) is 71.9. The van der Waals surface area contributed by atoms with Crippen LogP contribution in [-0.4, -0.2) is 96.7 Å². The monoisotopic (exact) mass is 1430 g/mol. The number of phosphoric acid groups is 2. The fourth-order valence-corrected chi connectivity index (χ4v) is 13.2. The van der Waals surface area contributed by atoms with Gasteiger partial charge in [-0.05, 0) is 63.2 Å². The Morgan fingerprint density at radius 3 is 0.837 bits per heavy atom. The van der Waals surface area contributed by atoms with Crippen LogP contribution in [0.5, 0.6) is 0 Å². The average molecular weight is 1430 g/mol. The summed E-state index contributed by atoms with van der Waals surface area (Å²) in [4.78, 5) is 72.9.